The fourth-order valence-electron chi connectivity index (χ4n) is 4.77. The third-order valence-electron chi connectivity index (χ3n) is 6.51. The third-order valence-corrected chi connectivity index (χ3v) is 7.00. The maximum atomic E-state index is 13.6. The molecular weight excluding hydrogens is 568 g/mol. The molecule has 1 aliphatic heterocycles. The van der Waals surface area contributed by atoms with E-state index in [1.807, 2.05) is 42.5 Å². The number of nitro groups is 1. The van der Waals surface area contributed by atoms with Crippen molar-refractivity contribution in [3.63, 3.8) is 0 Å². The molecule has 0 spiro atoms. The van der Waals surface area contributed by atoms with Gasteiger partial charge in [-0.1, -0.05) is 58.4 Å². The van der Waals surface area contributed by atoms with Gasteiger partial charge in [0.05, 0.1) is 28.7 Å². The highest BCUT2D eigenvalue weighted by atomic mass is 79.9. The number of pyridine rings is 1. The highest BCUT2D eigenvalue weighted by Crippen LogP contribution is 2.38. The molecule has 5 rings (SSSR count). The summed E-state index contributed by atoms with van der Waals surface area (Å²) in [5, 5.41) is 27.0. The SMILES string of the molecule is O=C(O)CCC(=O)N1N=C(c2c(-c3ccccc3)c3cc(Br)ccc3[nH]c2=O)C[C@H]1c1cccc([N+](=O)[O-])c1. The number of hydrazone groups is 1. The summed E-state index contributed by atoms with van der Waals surface area (Å²) >= 11 is 3.50. The molecule has 0 radical (unpaired) electrons. The lowest BCUT2D eigenvalue weighted by Gasteiger charge is -2.21. The molecule has 1 aliphatic rings. The summed E-state index contributed by atoms with van der Waals surface area (Å²) in [6.45, 7) is 0. The smallest absolute Gasteiger partial charge is 0.303 e. The number of non-ortho nitro benzene ring substituents is 1. The van der Waals surface area contributed by atoms with Crippen molar-refractivity contribution in [2.45, 2.75) is 25.3 Å². The fraction of sp³-hybridized carbons (Fsp3) is 0.143. The number of hydrogen-bond donors (Lipinski definition) is 2. The van der Waals surface area contributed by atoms with Gasteiger partial charge in [0.2, 0.25) is 5.91 Å². The van der Waals surface area contributed by atoms with E-state index in [9.17, 15) is 24.5 Å². The second kappa shape index (κ2) is 10.6. The van der Waals surface area contributed by atoms with Gasteiger partial charge in [-0.2, -0.15) is 5.10 Å². The number of aromatic amines is 1. The van der Waals surface area contributed by atoms with E-state index in [4.69, 9.17) is 5.11 Å². The third kappa shape index (κ3) is 5.21. The maximum absolute atomic E-state index is 13.6. The van der Waals surface area contributed by atoms with Crippen LogP contribution in [0.1, 0.15) is 36.4 Å². The fourth-order valence-corrected chi connectivity index (χ4v) is 5.13. The predicted molar refractivity (Wildman–Crippen MR) is 148 cm³/mol. The molecule has 0 aliphatic carbocycles. The Kier molecular flexibility index (Phi) is 7.07. The molecule has 1 aromatic heterocycles. The predicted octanol–water partition coefficient (Wildman–Crippen LogP) is 5.41. The number of carboxylic acids is 1. The van der Waals surface area contributed by atoms with Crippen molar-refractivity contribution in [1.29, 1.82) is 0 Å². The summed E-state index contributed by atoms with van der Waals surface area (Å²) in [5.74, 6) is -1.70. The first-order valence-electron chi connectivity index (χ1n) is 12.0. The molecule has 196 valence electrons. The molecule has 11 heteroatoms. The number of carboxylic acid groups (broad SMARTS) is 1. The van der Waals surface area contributed by atoms with Crippen molar-refractivity contribution >= 4 is 50.1 Å². The normalized spacial score (nSPS) is 14.8. The number of hydrogen-bond acceptors (Lipinski definition) is 6. The molecule has 2 heterocycles. The number of nitrogens with zero attached hydrogens (tertiary/aromatic N) is 3. The van der Waals surface area contributed by atoms with Gasteiger partial charge >= 0.3 is 5.97 Å². The second-order valence-corrected chi connectivity index (χ2v) is 9.93. The highest BCUT2D eigenvalue weighted by molar-refractivity contribution is 9.10. The second-order valence-electron chi connectivity index (χ2n) is 9.01. The Morgan fingerprint density at radius 1 is 1.05 bits per heavy atom. The van der Waals surface area contributed by atoms with Crippen LogP contribution < -0.4 is 5.56 Å². The van der Waals surface area contributed by atoms with E-state index in [-0.39, 0.29) is 24.1 Å². The standard InChI is InChI=1S/C28H21BrN4O6/c29-18-9-10-21-20(14-18)26(16-5-2-1-3-6-16)27(28(37)30-21)22-15-23(17-7-4-8-19(13-17)33(38)39)32(31-22)24(34)11-12-25(35)36/h1-10,13-14,23H,11-12,15H2,(H,30,37)(H,35,36)/t23-/m0/s1. The van der Waals surface area contributed by atoms with Crippen LogP contribution in [-0.4, -0.2) is 37.6 Å². The summed E-state index contributed by atoms with van der Waals surface area (Å²) in [6.07, 6.45) is -0.617. The van der Waals surface area contributed by atoms with Crippen molar-refractivity contribution in [1.82, 2.24) is 9.99 Å². The number of halogens is 1. The van der Waals surface area contributed by atoms with Gasteiger partial charge in [0.1, 0.15) is 0 Å². The van der Waals surface area contributed by atoms with Gasteiger partial charge < -0.3 is 10.1 Å². The lowest BCUT2D eigenvalue weighted by molar-refractivity contribution is -0.385. The lowest BCUT2D eigenvalue weighted by atomic mass is 9.91. The first kappa shape index (κ1) is 26.0. The molecule has 0 unspecified atom stereocenters. The minimum absolute atomic E-state index is 0.0996. The van der Waals surface area contributed by atoms with E-state index in [0.717, 1.165) is 20.4 Å². The van der Waals surface area contributed by atoms with Crippen LogP contribution in [0.3, 0.4) is 0 Å². The van der Waals surface area contributed by atoms with Gasteiger partial charge in [0, 0.05) is 45.9 Å². The molecule has 1 amide bonds. The maximum Gasteiger partial charge on any atom is 0.303 e. The van der Waals surface area contributed by atoms with E-state index < -0.39 is 34.8 Å². The number of nitrogens with one attached hydrogen (secondary N) is 1. The minimum atomic E-state index is -1.14. The Morgan fingerprint density at radius 2 is 1.82 bits per heavy atom. The van der Waals surface area contributed by atoms with Crippen molar-refractivity contribution in [2.24, 2.45) is 5.10 Å². The summed E-state index contributed by atoms with van der Waals surface area (Å²) in [7, 11) is 0. The molecule has 0 saturated heterocycles. The van der Waals surface area contributed by atoms with Crippen molar-refractivity contribution in [3.05, 3.63) is 109 Å². The van der Waals surface area contributed by atoms with Gasteiger partial charge in [-0.05, 0) is 29.3 Å². The number of aliphatic carboxylic acids is 1. The number of fused-ring (bicyclic) bond motifs is 1. The minimum Gasteiger partial charge on any atom is -0.481 e. The van der Waals surface area contributed by atoms with Crippen molar-refractivity contribution in [3.8, 4) is 11.1 Å². The quantitative estimate of drug-likeness (QED) is 0.218. The molecule has 0 fully saturated rings. The van der Waals surface area contributed by atoms with E-state index in [1.54, 1.807) is 12.1 Å². The van der Waals surface area contributed by atoms with Crippen LogP contribution in [0.4, 0.5) is 5.69 Å². The molecule has 0 bridgehead atoms. The van der Waals surface area contributed by atoms with Crippen LogP contribution in [0.5, 0.6) is 0 Å². The summed E-state index contributed by atoms with van der Waals surface area (Å²) in [5.41, 5.74) is 2.51. The van der Waals surface area contributed by atoms with Crippen LogP contribution in [0.25, 0.3) is 22.0 Å². The number of amides is 1. The zero-order chi connectivity index (χ0) is 27.7. The van der Waals surface area contributed by atoms with Crippen molar-refractivity contribution < 1.29 is 19.6 Å². The monoisotopic (exact) mass is 588 g/mol. The van der Waals surface area contributed by atoms with E-state index >= 15 is 0 Å². The number of H-pyrrole nitrogens is 1. The average molecular weight is 589 g/mol. The van der Waals surface area contributed by atoms with Gasteiger partial charge in [0.15, 0.2) is 0 Å². The highest BCUT2D eigenvalue weighted by Gasteiger charge is 2.36. The zero-order valence-electron chi connectivity index (χ0n) is 20.3. The van der Waals surface area contributed by atoms with E-state index in [0.29, 0.717) is 22.4 Å². The number of carbonyl (C=O) groups excluding carboxylic acids is 1. The Balaban J connectivity index is 1.70. The number of aromatic nitrogens is 1. The zero-order valence-corrected chi connectivity index (χ0v) is 21.9. The summed E-state index contributed by atoms with van der Waals surface area (Å²) in [6, 6.07) is 19.9. The molecule has 2 N–H and O–H groups in total. The number of benzene rings is 3. The molecular formula is C28H21BrN4O6. The van der Waals surface area contributed by atoms with Gasteiger partial charge in [-0.3, -0.25) is 24.5 Å². The van der Waals surface area contributed by atoms with Crippen LogP contribution in [0.15, 0.2) is 87.2 Å². The van der Waals surface area contributed by atoms with Gasteiger partial charge in [0.25, 0.3) is 11.2 Å². The summed E-state index contributed by atoms with van der Waals surface area (Å²) < 4.78 is 0.804. The topological polar surface area (TPSA) is 146 Å². The van der Waals surface area contributed by atoms with Crippen LogP contribution >= 0.6 is 15.9 Å². The van der Waals surface area contributed by atoms with Crippen molar-refractivity contribution in [2.75, 3.05) is 0 Å². The molecule has 39 heavy (non-hydrogen) atoms. The van der Waals surface area contributed by atoms with Gasteiger partial charge in [-0.25, -0.2) is 5.01 Å². The largest absolute Gasteiger partial charge is 0.481 e. The Bertz CT molecular complexity index is 1720. The van der Waals surface area contributed by atoms with Crippen LogP contribution in [-0.2, 0) is 9.59 Å². The Morgan fingerprint density at radius 3 is 2.54 bits per heavy atom. The summed E-state index contributed by atoms with van der Waals surface area (Å²) in [4.78, 5) is 51.7. The number of carbonyl (C=O) groups is 2. The average Bonchev–Trinajstić information content (AvgIpc) is 3.37. The van der Waals surface area contributed by atoms with E-state index in [2.05, 4.69) is 26.0 Å². The molecule has 1 atom stereocenters. The first-order valence-corrected chi connectivity index (χ1v) is 12.8. The number of rotatable bonds is 7. The molecule has 3 aromatic carbocycles. The van der Waals surface area contributed by atoms with Crippen LogP contribution in [0, 0.1) is 10.1 Å². The van der Waals surface area contributed by atoms with Crippen LogP contribution in [0.2, 0.25) is 0 Å². The number of nitro benzene ring substituents is 1. The Labute approximate surface area is 229 Å². The lowest BCUT2D eigenvalue weighted by Crippen LogP contribution is -2.27. The van der Waals surface area contributed by atoms with Gasteiger partial charge in [-0.15, -0.1) is 0 Å². The first-order chi connectivity index (χ1) is 18.7. The van der Waals surface area contributed by atoms with E-state index in [1.165, 1.54) is 18.2 Å². The molecule has 0 saturated carbocycles. The Hall–Kier alpha value is -4.64. The molecule has 4 aromatic rings. The molecule has 10 nitrogen and oxygen atoms in total.